The predicted octanol–water partition coefficient (Wildman–Crippen LogP) is 3.75. The van der Waals surface area contributed by atoms with Crippen LogP contribution in [-0.4, -0.2) is 29.7 Å². The standard InChI is InChI=1S/C22H21N3O3/c1-27-19-8-3-2-7-18(19)21-23-22(28-24-21)16-12-20(26)25(13-16)17-10-9-14-5-4-6-15(14)11-17/h2-3,7-11,16H,4-6,12-13H2,1H3. The first-order chi connectivity index (χ1) is 13.7. The van der Waals surface area contributed by atoms with Gasteiger partial charge in [0.25, 0.3) is 0 Å². The molecule has 6 heteroatoms. The van der Waals surface area contributed by atoms with Crippen LogP contribution in [0.1, 0.15) is 35.8 Å². The number of aryl methyl sites for hydroxylation is 2. The van der Waals surface area contributed by atoms with Crippen molar-refractivity contribution in [2.24, 2.45) is 0 Å². The van der Waals surface area contributed by atoms with Crippen LogP contribution in [0.2, 0.25) is 0 Å². The van der Waals surface area contributed by atoms with Crippen molar-refractivity contribution in [3.8, 4) is 17.1 Å². The highest BCUT2D eigenvalue weighted by Gasteiger charge is 2.35. The van der Waals surface area contributed by atoms with Crippen molar-refractivity contribution in [2.75, 3.05) is 18.6 Å². The molecule has 1 aliphatic heterocycles. The van der Waals surface area contributed by atoms with Crippen molar-refractivity contribution in [2.45, 2.75) is 31.6 Å². The normalized spacial score (nSPS) is 18.5. The molecular weight excluding hydrogens is 354 g/mol. The number of para-hydroxylation sites is 1. The number of nitrogens with zero attached hydrogens (tertiary/aromatic N) is 3. The van der Waals surface area contributed by atoms with Gasteiger partial charge in [0.15, 0.2) is 0 Å². The molecule has 1 atom stereocenters. The molecule has 1 aliphatic carbocycles. The average Bonchev–Trinajstić information content (AvgIpc) is 3.46. The van der Waals surface area contributed by atoms with E-state index in [1.165, 1.54) is 17.5 Å². The Labute approximate surface area is 163 Å². The Morgan fingerprint density at radius 3 is 2.89 bits per heavy atom. The molecule has 0 radical (unpaired) electrons. The summed E-state index contributed by atoms with van der Waals surface area (Å²) in [6.45, 7) is 0.561. The predicted molar refractivity (Wildman–Crippen MR) is 104 cm³/mol. The number of rotatable bonds is 4. The molecule has 5 rings (SSSR count). The first kappa shape index (κ1) is 17.0. The number of anilines is 1. The fourth-order valence-corrected chi connectivity index (χ4v) is 4.19. The summed E-state index contributed by atoms with van der Waals surface area (Å²) in [5.41, 5.74) is 4.52. The summed E-state index contributed by atoms with van der Waals surface area (Å²) in [6.07, 6.45) is 3.81. The minimum atomic E-state index is -0.100. The number of methoxy groups -OCH3 is 1. The number of aromatic nitrogens is 2. The van der Waals surface area contributed by atoms with Gasteiger partial charge in [0.2, 0.25) is 17.6 Å². The van der Waals surface area contributed by atoms with Gasteiger partial charge in [0.05, 0.1) is 18.6 Å². The third kappa shape index (κ3) is 2.85. The lowest BCUT2D eigenvalue weighted by Gasteiger charge is -2.17. The Balaban J connectivity index is 1.39. The third-order valence-electron chi connectivity index (χ3n) is 5.66. The largest absolute Gasteiger partial charge is 0.496 e. The smallest absolute Gasteiger partial charge is 0.232 e. The first-order valence-electron chi connectivity index (χ1n) is 9.62. The number of hydrogen-bond acceptors (Lipinski definition) is 5. The van der Waals surface area contributed by atoms with E-state index in [1.54, 1.807) is 7.11 Å². The van der Waals surface area contributed by atoms with Gasteiger partial charge in [0.1, 0.15) is 5.75 Å². The monoisotopic (exact) mass is 375 g/mol. The molecule has 0 N–H and O–H groups in total. The molecule has 1 amide bonds. The van der Waals surface area contributed by atoms with Crippen LogP contribution in [0.25, 0.3) is 11.4 Å². The van der Waals surface area contributed by atoms with E-state index in [0.717, 1.165) is 24.1 Å². The fourth-order valence-electron chi connectivity index (χ4n) is 4.19. The van der Waals surface area contributed by atoms with Crippen LogP contribution in [0.5, 0.6) is 5.75 Å². The van der Waals surface area contributed by atoms with Gasteiger partial charge in [-0.25, -0.2) is 0 Å². The number of benzene rings is 2. The van der Waals surface area contributed by atoms with Crippen LogP contribution in [0, 0.1) is 0 Å². The number of fused-ring (bicyclic) bond motifs is 1. The van der Waals surface area contributed by atoms with Crippen molar-refractivity contribution < 1.29 is 14.1 Å². The second-order valence-electron chi connectivity index (χ2n) is 7.37. The quantitative estimate of drug-likeness (QED) is 0.695. The van der Waals surface area contributed by atoms with Crippen molar-refractivity contribution in [3.05, 3.63) is 59.5 Å². The van der Waals surface area contributed by atoms with Gasteiger partial charge in [-0.05, 0) is 54.7 Å². The number of carbonyl (C=O) groups is 1. The number of carbonyl (C=O) groups excluding carboxylic acids is 1. The minimum absolute atomic E-state index is 0.0972. The Morgan fingerprint density at radius 2 is 2.00 bits per heavy atom. The Bertz CT molecular complexity index is 1040. The summed E-state index contributed by atoms with van der Waals surface area (Å²) >= 11 is 0. The van der Waals surface area contributed by atoms with Crippen molar-refractivity contribution in [1.29, 1.82) is 0 Å². The zero-order chi connectivity index (χ0) is 19.1. The molecule has 2 aliphatic rings. The highest BCUT2D eigenvalue weighted by atomic mass is 16.5. The van der Waals surface area contributed by atoms with Crippen molar-refractivity contribution in [1.82, 2.24) is 10.1 Å². The number of ether oxygens (including phenoxy) is 1. The SMILES string of the molecule is COc1ccccc1-c1noc(C2CC(=O)N(c3ccc4c(c3)CCC4)C2)n1. The zero-order valence-electron chi connectivity index (χ0n) is 15.7. The minimum Gasteiger partial charge on any atom is -0.496 e. The molecule has 28 heavy (non-hydrogen) atoms. The summed E-state index contributed by atoms with van der Waals surface area (Å²) in [5.74, 6) is 1.67. The summed E-state index contributed by atoms with van der Waals surface area (Å²) < 4.78 is 10.9. The number of hydrogen-bond donors (Lipinski definition) is 0. The molecule has 1 fully saturated rings. The van der Waals surface area contributed by atoms with E-state index < -0.39 is 0 Å². The topological polar surface area (TPSA) is 68.5 Å². The second kappa shape index (κ2) is 6.78. The van der Waals surface area contributed by atoms with Gasteiger partial charge < -0.3 is 14.2 Å². The maximum Gasteiger partial charge on any atom is 0.232 e. The molecule has 2 heterocycles. The first-order valence-corrected chi connectivity index (χ1v) is 9.62. The molecule has 0 saturated carbocycles. The van der Waals surface area contributed by atoms with Gasteiger partial charge in [-0.15, -0.1) is 0 Å². The van der Waals surface area contributed by atoms with Crippen LogP contribution >= 0.6 is 0 Å². The molecule has 3 aromatic rings. The van der Waals surface area contributed by atoms with E-state index in [-0.39, 0.29) is 11.8 Å². The highest BCUT2D eigenvalue weighted by molar-refractivity contribution is 5.96. The molecule has 1 unspecified atom stereocenters. The van der Waals surface area contributed by atoms with Gasteiger partial charge in [-0.3, -0.25) is 4.79 Å². The van der Waals surface area contributed by atoms with Gasteiger partial charge in [0, 0.05) is 18.7 Å². The molecule has 0 bridgehead atoms. The van der Waals surface area contributed by atoms with E-state index in [9.17, 15) is 4.79 Å². The van der Waals surface area contributed by atoms with Crippen molar-refractivity contribution >= 4 is 11.6 Å². The number of amides is 1. The fraction of sp³-hybridized carbons (Fsp3) is 0.318. The van der Waals surface area contributed by atoms with Gasteiger partial charge >= 0.3 is 0 Å². The lowest BCUT2D eigenvalue weighted by Crippen LogP contribution is -2.24. The third-order valence-corrected chi connectivity index (χ3v) is 5.66. The Morgan fingerprint density at radius 1 is 1.14 bits per heavy atom. The molecular formula is C22H21N3O3. The summed E-state index contributed by atoms with van der Waals surface area (Å²) in [5, 5.41) is 4.11. The van der Waals surface area contributed by atoms with Crippen LogP contribution in [0.3, 0.4) is 0 Å². The summed E-state index contributed by atoms with van der Waals surface area (Å²) in [6, 6.07) is 13.9. The maximum absolute atomic E-state index is 12.7. The molecule has 1 saturated heterocycles. The van der Waals surface area contributed by atoms with E-state index >= 15 is 0 Å². The lowest BCUT2D eigenvalue weighted by molar-refractivity contribution is -0.117. The van der Waals surface area contributed by atoms with Crippen LogP contribution in [-0.2, 0) is 17.6 Å². The average molecular weight is 375 g/mol. The van der Waals surface area contributed by atoms with E-state index in [1.807, 2.05) is 29.2 Å². The Kier molecular flexibility index (Phi) is 4.11. The van der Waals surface area contributed by atoms with Gasteiger partial charge in [-0.2, -0.15) is 4.98 Å². The van der Waals surface area contributed by atoms with Crippen LogP contribution in [0.4, 0.5) is 5.69 Å². The Hall–Kier alpha value is -3.15. The second-order valence-corrected chi connectivity index (χ2v) is 7.37. The molecule has 6 nitrogen and oxygen atoms in total. The summed E-state index contributed by atoms with van der Waals surface area (Å²) in [4.78, 5) is 19.1. The van der Waals surface area contributed by atoms with Crippen LogP contribution < -0.4 is 9.64 Å². The molecule has 1 aromatic heterocycles. The van der Waals surface area contributed by atoms with E-state index in [2.05, 4.69) is 28.3 Å². The van der Waals surface area contributed by atoms with Crippen molar-refractivity contribution in [3.63, 3.8) is 0 Å². The maximum atomic E-state index is 12.7. The molecule has 142 valence electrons. The molecule has 2 aromatic carbocycles. The van der Waals surface area contributed by atoms with Crippen LogP contribution in [0.15, 0.2) is 47.0 Å². The van der Waals surface area contributed by atoms with Gasteiger partial charge in [-0.1, -0.05) is 23.4 Å². The summed E-state index contributed by atoms with van der Waals surface area (Å²) in [7, 11) is 1.62. The van der Waals surface area contributed by atoms with E-state index in [0.29, 0.717) is 30.4 Å². The van der Waals surface area contributed by atoms with E-state index in [4.69, 9.17) is 9.26 Å². The zero-order valence-corrected chi connectivity index (χ0v) is 15.7. The molecule has 0 spiro atoms. The lowest BCUT2D eigenvalue weighted by atomic mass is 10.1. The highest BCUT2D eigenvalue weighted by Crippen LogP contribution is 2.35.